The molecular formula is C14H17N3O2S. The van der Waals surface area contributed by atoms with E-state index in [9.17, 15) is 4.79 Å². The Balaban J connectivity index is 2.06. The van der Waals surface area contributed by atoms with E-state index in [4.69, 9.17) is 5.11 Å². The van der Waals surface area contributed by atoms with Crippen LogP contribution in [0.3, 0.4) is 0 Å². The molecule has 2 rings (SSSR count). The smallest absolute Gasteiger partial charge is 0.354 e. The van der Waals surface area contributed by atoms with E-state index in [1.807, 2.05) is 20.2 Å². The number of anilines is 1. The van der Waals surface area contributed by atoms with Crippen LogP contribution in [0.5, 0.6) is 0 Å². The number of carboxylic acid groups (broad SMARTS) is 1. The van der Waals surface area contributed by atoms with Gasteiger partial charge in [-0.15, -0.1) is 11.3 Å². The van der Waals surface area contributed by atoms with Gasteiger partial charge in [-0.3, -0.25) is 0 Å². The van der Waals surface area contributed by atoms with Crippen molar-refractivity contribution < 1.29 is 9.90 Å². The highest BCUT2D eigenvalue weighted by molar-refractivity contribution is 7.10. The third-order valence-corrected chi connectivity index (χ3v) is 3.91. The first-order valence-electron chi connectivity index (χ1n) is 6.22. The highest BCUT2D eigenvalue weighted by Crippen LogP contribution is 2.23. The number of carbonyl (C=O) groups is 1. The summed E-state index contributed by atoms with van der Waals surface area (Å²) < 4.78 is 0. The number of hydrogen-bond donors (Lipinski definition) is 2. The first-order chi connectivity index (χ1) is 9.58. The van der Waals surface area contributed by atoms with Gasteiger partial charge in [0, 0.05) is 11.4 Å². The van der Waals surface area contributed by atoms with E-state index in [1.54, 1.807) is 23.5 Å². The Morgan fingerprint density at radius 1 is 1.40 bits per heavy atom. The van der Waals surface area contributed by atoms with E-state index in [1.165, 1.54) is 10.9 Å². The number of likely N-dealkylation sites (N-methyl/N-ethyl adjacent to an activating group) is 1. The van der Waals surface area contributed by atoms with Crippen LogP contribution in [0.2, 0.25) is 0 Å². The molecule has 106 valence electrons. The number of hydrogen-bond acceptors (Lipinski definition) is 5. The highest BCUT2D eigenvalue weighted by Gasteiger charge is 2.15. The summed E-state index contributed by atoms with van der Waals surface area (Å²) in [7, 11) is 4.04. The van der Waals surface area contributed by atoms with Crippen LogP contribution in [-0.2, 0) is 0 Å². The van der Waals surface area contributed by atoms with E-state index < -0.39 is 5.97 Å². The zero-order valence-corrected chi connectivity index (χ0v) is 12.2. The van der Waals surface area contributed by atoms with Gasteiger partial charge in [0.15, 0.2) is 5.69 Å². The summed E-state index contributed by atoms with van der Waals surface area (Å²) in [5.41, 5.74) is 0.0486. The van der Waals surface area contributed by atoms with Crippen molar-refractivity contribution in [2.75, 3.05) is 26.0 Å². The van der Waals surface area contributed by atoms with Gasteiger partial charge in [0.2, 0.25) is 0 Å². The Morgan fingerprint density at radius 2 is 2.20 bits per heavy atom. The number of nitrogens with zero attached hydrogens (tertiary/aromatic N) is 2. The van der Waals surface area contributed by atoms with Gasteiger partial charge in [-0.25, -0.2) is 9.78 Å². The molecule has 2 aromatic rings. The summed E-state index contributed by atoms with van der Waals surface area (Å²) in [4.78, 5) is 18.3. The molecule has 0 bridgehead atoms. The van der Waals surface area contributed by atoms with Crippen LogP contribution < -0.4 is 5.32 Å². The van der Waals surface area contributed by atoms with Gasteiger partial charge < -0.3 is 15.3 Å². The fourth-order valence-corrected chi connectivity index (χ4v) is 2.79. The van der Waals surface area contributed by atoms with Crippen LogP contribution in [-0.4, -0.2) is 41.6 Å². The molecule has 0 radical (unpaired) electrons. The van der Waals surface area contributed by atoms with Gasteiger partial charge in [0.05, 0.1) is 6.04 Å². The van der Waals surface area contributed by atoms with E-state index in [0.717, 1.165) is 0 Å². The van der Waals surface area contributed by atoms with Crippen LogP contribution >= 0.6 is 11.3 Å². The number of aromatic carboxylic acids is 1. The number of rotatable bonds is 6. The average Bonchev–Trinajstić information content (AvgIpc) is 2.93. The lowest BCUT2D eigenvalue weighted by atomic mass is 10.2. The lowest BCUT2D eigenvalue weighted by Gasteiger charge is -2.23. The van der Waals surface area contributed by atoms with Gasteiger partial charge in [0.1, 0.15) is 5.82 Å². The molecule has 0 amide bonds. The Labute approximate surface area is 121 Å². The quantitative estimate of drug-likeness (QED) is 0.856. The molecule has 0 spiro atoms. The maximum absolute atomic E-state index is 10.9. The number of pyridine rings is 1. The maximum Gasteiger partial charge on any atom is 0.354 e. The third kappa shape index (κ3) is 3.55. The number of aromatic nitrogens is 1. The van der Waals surface area contributed by atoms with Crippen molar-refractivity contribution in [2.45, 2.75) is 6.04 Å². The van der Waals surface area contributed by atoms with Crippen molar-refractivity contribution in [2.24, 2.45) is 0 Å². The molecule has 0 aliphatic carbocycles. The second-order valence-electron chi connectivity index (χ2n) is 4.59. The summed E-state index contributed by atoms with van der Waals surface area (Å²) in [6.07, 6.45) is 0. The Hall–Kier alpha value is -1.92. The topological polar surface area (TPSA) is 65.5 Å². The lowest BCUT2D eigenvalue weighted by Crippen LogP contribution is -2.26. The molecule has 2 heterocycles. The molecule has 0 aromatic carbocycles. The minimum Gasteiger partial charge on any atom is -0.477 e. The van der Waals surface area contributed by atoms with E-state index in [2.05, 4.69) is 26.6 Å². The predicted octanol–water partition coefficient (Wildman–Crippen LogP) is 2.56. The zero-order valence-electron chi connectivity index (χ0n) is 11.4. The van der Waals surface area contributed by atoms with Gasteiger partial charge in [-0.05, 0) is 37.7 Å². The molecule has 1 atom stereocenters. The largest absolute Gasteiger partial charge is 0.477 e. The van der Waals surface area contributed by atoms with Crippen molar-refractivity contribution in [1.82, 2.24) is 9.88 Å². The van der Waals surface area contributed by atoms with Crippen LogP contribution in [0, 0.1) is 0 Å². The molecule has 0 saturated heterocycles. The molecule has 2 aromatic heterocycles. The summed E-state index contributed by atoms with van der Waals surface area (Å²) in [5.74, 6) is -0.440. The molecule has 5 nitrogen and oxygen atoms in total. The monoisotopic (exact) mass is 291 g/mol. The first kappa shape index (κ1) is 14.5. The second-order valence-corrected chi connectivity index (χ2v) is 5.57. The molecule has 0 aliphatic rings. The lowest BCUT2D eigenvalue weighted by molar-refractivity contribution is 0.0690. The maximum atomic E-state index is 10.9. The minimum absolute atomic E-state index is 0.0486. The van der Waals surface area contributed by atoms with Crippen molar-refractivity contribution in [1.29, 1.82) is 0 Å². The highest BCUT2D eigenvalue weighted by atomic mass is 32.1. The second kappa shape index (κ2) is 6.49. The van der Waals surface area contributed by atoms with Crippen molar-refractivity contribution in [3.05, 3.63) is 46.3 Å². The van der Waals surface area contributed by atoms with Crippen LogP contribution in [0.4, 0.5) is 5.82 Å². The summed E-state index contributed by atoms with van der Waals surface area (Å²) in [6, 6.07) is 9.29. The van der Waals surface area contributed by atoms with Gasteiger partial charge in [0.25, 0.3) is 0 Å². The molecule has 0 aliphatic heterocycles. The van der Waals surface area contributed by atoms with E-state index in [0.29, 0.717) is 12.4 Å². The SMILES string of the molecule is CN(C)C(CNc1cccc(C(=O)O)n1)c1cccs1. The molecule has 2 N–H and O–H groups in total. The standard InChI is InChI=1S/C14H17N3O2S/c1-17(2)11(12-6-4-8-20-12)9-15-13-7-3-5-10(16-13)14(18)19/h3-8,11H,9H2,1-2H3,(H,15,16)(H,18,19). The van der Waals surface area contributed by atoms with Gasteiger partial charge in [-0.1, -0.05) is 12.1 Å². The van der Waals surface area contributed by atoms with E-state index >= 15 is 0 Å². The summed E-state index contributed by atoms with van der Waals surface area (Å²) in [5, 5.41) is 14.2. The minimum atomic E-state index is -1.02. The van der Waals surface area contributed by atoms with Crippen molar-refractivity contribution in [3.8, 4) is 0 Å². The number of nitrogens with one attached hydrogen (secondary N) is 1. The van der Waals surface area contributed by atoms with E-state index in [-0.39, 0.29) is 11.7 Å². The molecule has 6 heteroatoms. The fourth-order valence-electron chi connectivity index (χ4n) is 1.87. The first-order valence-corrected chi connectivity index (χ1v) is 7.10. The van der Waals surface area contributed by atoms with Crippen molar-refractivity contribution >= 4 is 23.1 Å². The van der Waals surface area contributed by atoms with Crippen LogP contribution in [0.1, 0.15) is 21.4 Å². The predicted molar refractivity (Wildman–Crippen MR) is 80.4 cm³/mol. The molecule has 0 fully saturated rings. The Bertz CT molecular complexity index is 570. The van der Waals surface area contributed by atoms with Crippen LogP contribution in [0.25, 0.3) is 0 Å². The zero-order chi connectivity index (χ0) is 14.5. The third-order valence-electron chi connectivity index (χ3n) is 2.94. The average molecular weight is 291 g/mol. The molecule has 20 heavy (non-hydrogen) atoms. The van der Waals surface area contributed by atoms with Crippen molar-refractivity contribution in [3.63, 3.8) is 0 Å². The molecule has 0 saturated carbocycles. The number of carboxylic acids is 1. The van der Waals surface area contributed by atoms with Gasteiger partial charge >= 0.3 is 5.97 Å². The number of thiophene rings is 1. The molecular weight excluding hydrogens is 274 g/mol. The Kier molecular flexibility index (Phi) is 4.70. The Morgan fingerprint density at radius 3 is 2.80 bits per heavy atom. The summed E-state index contributed by atoms with van der Waals surface area (Å²) >= 11 is 1.71. The fraction of sp³-hybridized carbons (Fsp3) is 0.286. The molecule has 1 unspecified atom stereocenters. The summed E-state index contributed by atoms with van der Waals surface area (Å²) in [6.45, 7) is 0.670. The van der Waals surface area contributed by atoms with Crippen LogP contribution in [0.15, 0.2) is 35.7 Å². The van der Waals surface area contributed by atoms with Gasteiger partial charge in [-0.2, -0.15) is 0 Å². The normalized spacial score (nSPS) is 12.3.